The summed E-state index contributed by atoms with van der Waals surface area (Å²) in [6.07, 6.45) is 3.83. The van der Waals surface area contributed by atoms with E-state index in [9.17, 15) is 15.0 Å². The highest BCUT2D eigenvalue weighted by Gasteiger charge is 2.32. The number of rotatable bonds is 5. The third-order valence-corrected chi connectivity index (χ3v) is 6.26. The van der Waals surface area contributed by atoms with Gasteiger partial charge >= 0.3 is 0 Å². The summed E-state index contributed by atoms with van der Waals surface area (Å²) >= 11 is 5.96. The summed E-state index contributed by atoms with van der Waals surface area (Å²) in [7, 11) is 0. The fourth-order valence-electron chi connectivity index (χ4n) is 4.31. The summed E-state index contributed by atoms with van der Waals surface area (Å²) in [4.78, 5) is 14.9. The zero-order chi connectivity index (χ0) is 21.1. The Morgan fingerprint density at radius 2 is 1.93 bits per heavy atom. The molecule has 2 heterocycles. The highest BCUT2D eigenvalue weighted by molar-refractivity contribution is 6.32. The summed E-state index contributed by atoms with van der Waals surface area (Å²) in [6.45, 7) is 3.02. The normalized spacial score (nSPS) is 19.9. The first kappa shape index (κ1) is 21.0. The second kappa shape index (κ2) is 9.25. The molecule has 2 aliphatic rings. The average molecular weight is 431 g/mol. The van der Waals surface area contributed by atoms with Crippen LogP contribution >= 0.6 is 11.6 Å². The minimum absolute atomic E-state index is 0.0486. The molecule has 0 saturated carbocycles. The van der Waals surface area contributed by atoms with Gasteiger partial charge in [-0.15, -0.1) is 0 Å². The molecule has 3 N–H and O–H groups in total. The Balaban J connectivity index is 1.49. The summed E-state index contributed by atoms with van der Waals surface area (Å²) in [5.41, 5.74) is 2.40. The van der Waals surface area contributed by atoms with Crippen LogP contribution in [0.3, 0.4) is 0 Å². The van der Waals surface area contributed by atoms with Crippen LogP contribution in [-0.4, -0.2) is 46.8 Å². The van der Waals surface area contributed by atoms with Crippen molar-refractivity contribution in [1.82, 2.24) is 10.2 Å². The summed E-state index contributed by atoms with van der Waals surface area (Å²) in [5.74, 6) is -0.780. The molecule has 0 bridgehead atoms. The number of nitrogens with one attached hydrogen (secondary N) is 1. The van der Waals surface area contributed by atoms with Crippen LogP contribution < -0.4 is 5.32 Å². The van der Waals surface area contributed by atoms with Gasteiger partial charge in [-0.1, -0.05) is 35.9 Å². The zero-order valence-corrected chi connectivity index (χ0v) is 17.6. The van der Waals surface area contributed by atoms with Gasteiger partial charge in [0.25, 0.3) is 5.91 Å². The fraction of sp³-hybridized carbons (Fsp3) is 0.435. The second-order valence-corrected chi connectivity index (χ2v) is 8.40. The lowest BCUT2D eigenvalue weighted by molar-refractivity contribution is 0.0732. The molecular formula is C23H27ClN2O4. The Morgan fingerprint density at radius 3 is 2.73 bits per heavy atom. The molecule has 7 heteroatoms. The van der Waals surface area contributed by atoms with Crippen LogP contribution in [0, 0.1) is 0 Å². The topological polar surface area (TPSA) is 82.0 Å². The Kier molecular flexibility index (Phi) is 6.46. The summed E-state index contributed by atoms with van der Waals surface area (Å²) < 4.78 is 5.41. The number of nitrogens with zero attached hydrogens (tertiary/aromatic N) is 1. The molecule has 2 aromatic rings. The molecule has 4 rings (SSSR count). The zero-order valence-electron chi connectivity index (χ0n) is 16.8. The first-order chi connectivity index (χ1) is 14.5. The average Bonchev–Trinajstić information content (AvgIpc) is 3.25. The van der Waals surface area contributed by atoms with Crippen molar-refractivity contribution >= 4 is 17.5 Å². The van der Waals surface area contributed by atoms with Crippen molar-refractivity contribution in [2.75, 3.05) is 19.8 Å². The smallest absolute Gasteiger partial charge is 0.258 e. The van der Waals surface area contributed by atoms with Gasteiger partial charge in [-0.3, -0.25) is 4.79 Å². The number of hydrogen-bond donors (Lipinski definition) is 3. The second-order valence-electron chi connectivity index (χ2n) is 7.99. The highest BCUT2D eigenvalue weighted by Crippen LogP contribution is 2.37. The van der Waals surface area contributed by atoms with E-state index in [0.717, 1.165) is 57.1 Å². The molecule has 2 aromatic carbocycles. The van der Waals surface area contributed by atoms with E-state index in [0.29, 0.717) is 12.6 Å². The molecule has 0 radical (unpaired) electrons. The number of likely N-dealkylation sites (tertiary alicyclic amines) is 1. The van der Waals surface area contributed by atoms with Crippen LogP contribution in [0.1, 0.15) is 53.2 Å². The molecule has 0 spiro atoms. The Bertz CT molecular complexity index is 914. The van der Waals surface area contributed by atoms with Crippen LogP contribution in [-0.2, 0) is 11.3 Å². The van der Waals surface area contributed by atoms with Crippen molar-refractivity contribution in [3.8, 4) is 11.5 Å². The van der Waals surface area contributed by atoms with Gasteiger partial charge in [-0.25, -0.2) is 0 Å². The molecule has 1 unspecified atom stereocenters. The SMILES string of the molecule is O=C(c1cc(Cl)c(O)cc1O)N1CCCC1c1cccc(CNC2CCOCC2)c1. The highest BCUT2D eigenvalue weighted by atomic mass is 35.5. The van der Waals surface area contributed by atoms with Crippen molar-refractivity contribution < 1.29 is 19.7 Å². The van der Waals surface area contributed by atoms with E-state index in [4.69, 9.17) is 16.3 Å². The van der Waals surface area contributed by atoms with Crippen molar-refractivity contribution in [2.45, 2.75) is 44.3 Å². The third-order valence-electron chi connectivity index (χ3n) is 5.96. The lowest BCUT2D eigenvalue weighted by atomic mass is 10.0. The van der Waals surface area contributed by atoms with E-state index in [1.165, 1.54) is 11.6 Å². The van der Waals surface area contributed by atoms with Crippen molar-refractivity contribution in [3.63, 3.8) is 0 Å². The largest absolute Gasteiger partial charge is 0.507 e. The number of hydrogen-bond acceptors (Lipinski definition) is 5. The van der Waals surface area contributed by atoms with Crippen LogP contribution in [0.4, 0.5) is 0 Å². The predicted octanol–water partition coefficient (Wildman–Crippen LogP) is 4.00. The van der Waals surface area contributed by atoms with E-state index < -0.39 is 0 Å². The third kappa shape index (κ3) is 4.56. The molecule has 0 aliphatic carbocycles. The van der Waals surface area contributed by atoms with E-state index in [-0.39, 0.29) is 34.0 Å². The van der Waals surface area contributed by atoms with Crippen LogP contribution in [0.2, 0.25) is 5.02 Å². The van der Waals surface area contributed by atoms with Crippen molar-refractivity contribution in [1.29, 1.82) is 0 Å². The van der Waals surface area contributed by atoms with Gasteiger partial charge in [-0.05, 0) is 42.9 Å². The Morgan fingerprint density at radius 1 is 1.13 bits per heavy atom. The van der Waals surface area contributed by atoms with Crippen LogP contribution in [0.25, 0.3) is 0 Å². The molecule has 1 amide bonds. The standard InChI is InChI=1S/C23H27ClN2O4/c24-19-12-18(21(27)13-22(19)28)23(29)26-8-2-5-20(26)16-4-1-3-15(11-16)14-25-17-6-9-30-10-7-17/h1,3-4,11-13,17,20,25,27-28H,2,5-10,14H2. The minimum atomic E-state index is -0.275. The molecule has 2 aliphatic heterocycles. The summed E-state index contributed by atoms with van der Waals surface area (Å²) in [6, 6.07) is 11.2. The molecule has 0 aromatic heterocycles. The fourth-order valence-corrected chi connectivity index (χ4v) is 4.47. The maximum Gasteiger partial charge on any atom is 0.258 e. The van der Waals surface area contributed by atoms with E-state index in [2.05, 4.69) is 23.5 Å². The van der Waals surface area contributed by atoms with Gasteiger partial charge in [0.2, 0.25) is 0 Å². The number of halogens is 1. The monoisotopic (exact) mass is 430 g/mol. The van der Waals surface area contributed by atoms with E-state index in [1.807, 2.05) is 6.07 Å². The molecule has 30 heavy (non-hydrogen) atoms. The maximum atomic E-state index is 13.1. The van der Waals surface area contributed by atoms with E-state index >= 15 is 0 Å². The number of carbonyl (C=O) groups is 1. The van der Waals surface area contributed by atoms with Crippen LogP contribution in [0.5, 0.6) is 11.5 Å². The Labute approximate surface area is 181 Å². The lowest BCUT2D eigenvalue weighted by Crippen LogP contribution is -2.34. The molecule has 2 fully saturated rings. The number of amides is 1. The minimum Gasteiger partial charge on any atom is -0.507 e. The van der Waals surface area contributed by atoms with Gasteiger partial charge in [0.1, 0.15) is 11.5 Å². The van der Waals surface area contributed by atoms with E-state index in [1.54, 1.807) is 4.90 Å². The van der Waals surface area contributed by atoms with Crippen molar-refractivity contribution in [2.24, 2.45) is 0 Å². The quantitative estimate of drug-likeness (QED) is 0.668. The number of aromatic hydroxyl groups is 2. The number of benzene rings is 2. The molecular weight excluding hydrogens is 404 g/mol. The number of ether oxygens (including phenoxy) is 1. The molecule has 160 valence electrons. The van der Waals surface area contributed by atoms with Crippen molar-refractivity contribution in [3.05, 3.63) is 58.1 Å². The number of carbonyl (C=O) groups excluding carboxylic acids is 1. The molecule has 2 saturated heterocycles. The maximum absolute atomic E-state index is 13.1. The van der Waals surface area contributed by atoms with Gasteiger partial charge in [0, 0.05) is 38.4 Å². The predicted molar refractivity (Wildman–Crippen MR) is 115 cm³/mol. The first-order valence-corrected chi connectivity index (χ1v) is 10.8. The van der Waals surface area contributed by atoms with Gasteiger partial charge in [0.05, 0.1) is 16.6 Å². The first-order valence-electron chi connectivity index (χ1n) is 10.5. The molecule has 6 nitrogen and oxygen atoms in total. The Hall–Kier alpha value is -2.28. The van der Waals surface area contributed by atoms with Gasteiger partial charge in [0.15, 0.2) is 0 Å². The molecule has 1 atom stereocenters. The number of phenolic OH excluding ortho intramolecular Hbond substituents is 2. The van der Waals surface area contributed by atoms with Gasteiger partial charge < -0.3 is 25.2 Å². The lowest BCUT2D eigenvalue weighted by Gasteiger charge is -2.26. The number of phenols is 2. The summed E-state index contributed by atoms with van der Waals surface area (Å²) in [5, 5.41) is 23.5. The van der Waals surface area contributed by atoms with Crippen LogP contribution in [0.15, 0.2) is 36.4 Å². The van der Waals surface area contributed by atoms with Gasteiger partial charge in [-0.2, -0.15) is 0 Å².